The predicted octanol–water partition coefficient (Wildman–Crippen LogP) is -0.363. The van der Waals surface area contributed by atoms with Crippen molar-refractivity contribution in [3.63, 3.8) is 0 Å². The summed E-state index contributed by atoms with van der Waals surface area (Å²) in [6, 6.07) is 0. The van der Waals surface area contributed by atoms with Gasteiger partial charge in [0.05, 0.1) is 6.21 Å². The van der Waals surface area contributed by atoms with Crippen molar-refractivity contribution in [1.82, 2.24) is 0 Å². The van der Waals surface area contributed by atoms with Crippen LogP contribution in [0.4, 0.5) is 0 Å². The number of carbonyl (C=O) groups excluding carboxylic acids is 1. The van der Waals surface area contributed by atoms with E-state index >= 15 is 0 Å². The molecule has 5 heteroatoms. The lowest BCUT2D eigenvalue weighted by atomic mass is 10.3. The van der Waals surface area contributed by atoms with Crippen molar-refractivity contribution in [3.8, 4) is 0 Å². The summed E-state index contributed by atoms with van der Waals surface area (Å²) in [4.78, 5) is 27.4. The lowest BCUT2D eigenvalue weighted by Crippen LogP contribution is -2.19. The van der Waals surface area contributed by atoms with Gasteiger partial charge < -0.3 is 5.11 Å². The standard InChI is InChI=1S/C6H4N2O3/c1-3-5(9)7-2-4(8-3)6(10)11/h2H,1H2,(H,10,11). The normalized spacial score (nSPS) is 16.5. The van der Waals surface area contributed by atoms with Crippen LogP contribution in [0.2, 0.25) is 0 Å². The van der Waals surface area contributed by atoms with Crippen molar-refractivity contribution in [2.75, 3.05) is 0 Å². The molecule has 0 unspecified atom stereocenters. The van der Waals surface area contributed by atoms with E-state index in [1.807, 2.05) is 0 Å². The third-order valence-corrected chi connectivity index (χ3v) is 1.03. The van der Waals surface area contributed by atoms with E-state index < -0.39 is 11.9 Å². The van der Waals surface area contributed by atoms with Crippen molar-refractivity contribution in [2.24, 2.45) is 9.98 Å². The maximum absolute atomic E-state index is 10.6. The van der Waals surface area contributed by atoms with Crippen LogP contribution in [-0.2, 0) is 9.59 Å². The first kappa shape index (κ1) is 7.33. The van der Waals surface area contributed by atoms with E-state index in [2.05, 4.69) is 16.6 Å². The summed E-state index contributed by atoms with van der Waals surface area (Å²) >= 11 is 0. The van der Waals surface area contributed by atoms with Gasteiger partial charge in [-0.3, -0.25) is 4.79 Å². The molecule has 0 atom stereocenters. The summed E-state index contributed by atoms with van der Waals surface area (Å²) in [6.45, 7) is 3.21. The number of aliphatic imine (C=N–C) groups is 2. The van der Waals surface area contributed by atoms with Gasteiger partial charge in [0, 0.05) is 0 Å². The van der Waals surface area contributed by atoms with E-state index in [0.717, 1.165) is 6.21 Å². The number of carboxylic acid groups (broad SMARTS) is 1. The molecule has 0 aromatic heterocycles. The molecule has 1 aliphatic rings. The Morgan fingerprint density at radius 3 is 2.73 bits per heavy atom. The average molecular weight is 152 g/mol. The Labute approximate surface area is 61.8 Å². The molecule has 5 nitrogen and oxygen atoms in total. The smallest absolute Gasteiger partial charge is 0.356 e. The van der Waals surface area contributed by atoms with Crippen LogP contribution in [0.25, 0.3) is 0 Å². The van der Waals surface area contributed by atoms with Crippen LogP contribution < -0.4 is 0 Å². The minimum atomic E-state index is -1.22. The topological polar surface area (TPSA) is 79.1 Å². The summed E-state index contributed by atoms with van der Waals surface area (Å²) in [7, 11) is 0. The molecule has 11 heavy (non-hydrogen) atoms. The molecule has 1 amide bonds. The average Bonchev–Trinajstić information content (AvgIpc) is 1.94. The Balaban J connectivity index is 2.98. The zero-order valence-electron chi connectivity index (χ0n) is 5.44. The summed E-state index contributed by atoms with van der Waals surface area (Å²) in [5, 5.41) is 8.37. The molecule has 1 heterocycles. The van der Waals surface area contributed by atoms with Gasteiger partial charge in [-0.05, 0) is 0 Å². The molecule has 56 valence electrons. The van der Waals surface area contributed by atoms with Crippen LogP contribution in [0.15, 0.2) is 22.3 Å². The second-order valence-corrected chi connectivity index (χ2v) is 1.81. The second-order valence-electron chi connectivity index (χ2n) is 1.81. The van der Waals surface area contributed by atoms with Gasteiger partial charge >= 0.3 is 5.97 Å². The monoisotopic (exact) mass is 152 g/mol. The van der Waals surface area contributed by atoms with Gasteiger partial charge in [0.1, 0.15) is 5.70 Å². The first-order valence-corrected chi connectivity index (χ1v) is 2.70. The van der Waals surface area contributed by atoms with Crippen molar-refractivity contribution >= 4 is 23.8 Å². The molecule has 0 aliphatic carbocycles. The molecule has 0 fully saturated rings. The van der Waals surface area contributed by atoms with Crippen molar-refractivity contribution in [1.29, 1.82) is 0 Å². The number of rotatable bonds is 1. The summed E-state index contributed by atoms with van der Waals surface area (Å²) in [5.74, 6) is -1.82. The molecular formula is C6H4N2O3. The van der Waals surface area contributed by atoms with Crippen LogP contribution in [0.1, 0.15) is 0 Å². The second kappa shape index (κ2) is 2.45. The summed E-state index contributed by atoms with van der Waals surface area (Å²) < 4.78 is 0. The molecule has 0 aromatic carbocycles. The highest BCUT2D eigenvalue weighted by molar-refractivity contribution is 6.60. The van der Waals surface area contributed by atoms with E-state index in [1.165, 1.54) is 0 Å². The first-order valence-electron chi connectivity index (χ1n) is 2.70. The third-order valence-electron chi connectivity index (χ3n) is 1.03. The molecule has 0 radical (unpaired) electrons. The lowest BCUT2D eigenvalue weighted by molar-refractivity contribution is -0.129. The summed E-state index contributed by atoms with van der Waals surface area (Å²) in [6.07, 6.45) is 0.902. The Hall–Kier alpha value is -1.78. The van der Waals surface area contributed by atoms with Crippen LogP contribution >= 0.6 is 0 Å². The highest BCUT2D eigenvalue weighted by Crippen LogP contribution is 2.01. The van der Waals surface area contributed by atoms with Gasteiger partial charge in [0.2, 0.25) is 0 Å². The summed E-state index contributed by atoms with van der Waals surface area (Å²) in [5.41, 5.74) is -0.417. The molecule has 0 saturated heterocycles. The molecule has 1 aliphatic heterocycles. The maximum atomic E-state index is 10.6. The number of hydrogen-bond acceptors (Lipinski definition) is 3. The number of amides is 1. The lowest BCUT2D eigenvalue weighted by Gasteiger charge is -2.00. The number of nitrogens with zero attached hydrogens (tertiary/aromatic N) is 2. The number of hydrogen-bond donors (Lipinski definition) is 1. The van der Waals surface area contributed by atoms with Gasteiger partial charge in [-0.1, -0.05) is 6.58 Å². The van der Waals surface area contributed by atoms with Crippen LogP contribution in [0.3, 0.4) is 0 Å². The SMILES string of the molecule is C=C1N=C(C(=O)O)C=NC1=O. The van der Waals surface area contributed by atoms with Gasteiger partial charge in [0.15, 0.2) is 5.71 Å². The molecule has 0 saturated carbocycles. The van der Waals surface area contributed by atoms with E-state index in [4.69, 9.17) is 5.11 Å². The van der Waals surface area contributed by atoms with Crippen molar-refractivity contribution in [2.45, 2.75) is 0 Å². The largest absolute Gasteiger partial charge is 0.476 e. The molecule has 0 bridgehead atoms. The Bertz CT molecular complexity index is 301. The fourth-order valence-electron chi connectivity index (χ4n) is 0.519. The van der Waals surface area contributed by atoms with E-state index in [-0.39, 0.29) is 11.4 Å². The minimum Gasteiger partial charge on any atom is -0.476 e. The van der Waals surface area contributed by atoms with Crippen LogP contribution in [0.5, 0.6) is 0 Å². The van der Waals surface area contributed by atoms with Gasteiger partial charge in [0.25, 0.3) is 5.91 Å². The van der Waals surface area contributed by atoms with Crippen molar-refractivity contribution < 1.29 is 14.7 Å². The van der Waals surface area contributed by atoms with Gasteiger partial charge in [-0.15, -0.1) is 0 Å². The van der Waals surface area contributed by atoms with Gasteiger partial charge in [-0.2, -0.15) is 0 Å². The fraction of sp³-hybridized carbons (Fsp3) is 0. The number of carboxylic acids is 1. The molecule has 0 spiro atoms. The highest BCUT2D eigenvalue weighted by Gasteiger charge is 2.15. The van der Waals surface area contributed by atoms with E-state index in [9.17, 15) is 9.59 Å². The fourth-order valence-corrected chi connectivity index (χ4v) is 0.519. The third kappa shape index (κ3) is 1.37. The zero-order valence-corrected chi connectivity index (χ0v) is 5.44. The molecular weight excluding hydrogens is 148 g/mol. The van der Waals surface area contributed by atoms with Crippen molar-refractivity contribution in [3.05, 3.63) is 12.3 Å². The Morgan fingerprint density at radius 2 is 2.27 bits per heavy atom. The Morgan fingerprint density at radius 1 is 1.64 bits per heavy atom. The van der Waals surface area contributed by atoms with Crippen LogP contribution in [0, 0.1) is 0 Å². The molecule has 0 aromatic rings. The van der Waals surface area contributed by atoms with Gasteiger partial charge in [-0.25, -0.2) is 14.8 Å². The highest BCUT2D eigenvalue weighted by atomic mass is 16.4. The van der Waals surface area contributed by atoms with E-state index in [0.29, 0.717) is 0 Å². The maximum Gasteiger partial charge on any atom is 0.356 e. The van der Waals surface area contributed by atoms with Crippen LogP contribution in [-0.4, -0.2) is 28.9 Å². The zero-order chi connectivity index (χ0) is 8.43. The first-order chi connectivity index (χ1) is 5.11. The molecule has 1 rings (SSSR count). The Kier molecular flexibility index (Phi) is 1.63. The quantitative estimate of drug-likeness (QED) is 0.521. The van der Waals surface area contributed by atoms with E-state index in [1.54, 1.807) is 0 Å². The minimum absolute atomic E-state index is 0.148. The number of carbonyl (C=O) groups is 2. The molecule has 1 N–H and O–H groups in total. The predicted molar refractivity (Wildman–Crippen MR) is 37.7 cm³/mol. The number of aliphatic carboxylic acids is 1.